The van der Waals surface area contributed by atoms with Crippen molar-refractivity contribution in [3.8, 4) is 10.6 Å². The lowest BCUT2D eigenvalue weighted by Crippen LogP contribution is -2.32. The van der Waals surface area contributed by atoms with E-state index in [0.717, 1.165) is 22.1 Å². The van der Waals surface area contributed by atoms with Gasteiger partial charge in [-0.2, -0.15) is 18.3 Å². The van der Waals surface area contributed by atoms with E-state index < -0.39 is 11.9 Å². The highest BCUT2D eigenvalue weighted by Crippen LogP contribution is 2.34. The largest absolute Gasteiger partial charge is 0.433 e. The number of rotatable bonds is 5. The van der Waals surface area contributed by atoms with Crippen LogP contribution in [0, 0.1) is 0 Å². The number of aryl methyl sites for hydroxylation is 1. The summed E-state index contributed by atoms with van der Waals surface area (Å²) in [6.45, 7) is -0.105. The Balaban J connectivity index is 1.90. The molecule has 0 fully saturated rings. The van der Waals surface area contributed by atoms with Gasteiger partial charge in [-0.05, 0) is 30.3 Å². The number of aliphatic hydroxyl groups excluding tert-OH is 1. The maximum Gasteiger partial charge on any atom is 0.433 e. The fourth-order valence-corrected chi connectivity index (χ4v) is 3.54. The molecule has 0 aliphatic rings. The van der Waals surface area contributed by atoms with Crippen LogP contribution in [0.15, 0.2) is 48.5 Å². The number of carbonyl (C=O) groups excluding carboxylic acids is 1. The molecule has 0 atom stereocenters. The quantitative estimate of drug-likeness (QED) is 0.715. The molecular weight excluding hydrogens is 379 g/mol. The molecule has 0 radical (unpaired) electrons. The third-order valence-electron chi connectivity index (χ3n) is 3.88. The maximum absolute atomic E-state index is 12.9. The molecule has 1 amide bonds. The topological polar surface area (TPSA) is 58.4 Å². The Labute approximate surface area is 157 Å². The van der Waals surface area contributed by atoms with Gasteiger partial charge in [0.15, 0.2) is 0 Å². The zero-order valence-corrected chi connectivity index (χ0v) is 15.1. The molecule has 0 unspecified atom stereocenters. The lowest BCUT2D eigenvalue weighted by molar-refractivity contribution is -0.143. The molecule has 2 aromatic heterocycles. The summed E-state index contributed by atoms with van der Waals surface area (Å²) in [5.41, 5.74) is -0.0732. The second kappa shape index (κ2) is 7.53. The van der Waals surface area contributed by atoms with E-state index in [9.17, 15) is 23.1 Å². The Bertz CT molecular complexity index is 935. The van der Waals surface area contributed by atoms with Crippen LogP contribution in [-0.2, 0) is 13.2 Å². The summed E-state index contributed by atoms with van der Waals surface area (Å²) in [7, 11) is 1.23. The predicted octanol–water partition coefficient (Wildman–Crippen LogP) is 3.81. The van der Waals surface area contributed by atoms with Crippen molar-refractivity contribution in [2.24, 2.45) is 7.05 Å². The molecule has 2 heterocycles. The number of hydrogen-bond acceptors (Lipinski definition) is 4. The monoisotopic (exact) mass is 395 g/mol. The minimum absolute atomic E-state index is 0.109. The van der Waals surface area contributed by atoms with Crippen molar-refractivity contribution in [3.63, 3.8) is 0 Å². The summed E-state index contributed by atoms with van der Waals surface area (Å²) >= 11 is 1.06. The first kappa shape index (κ1) is 19.1. The van der Waals surface area contributed by atoms with Crippen LogP contribution < -0.4 is 4.90 Å². The number of aromatic nitrogens is 2. The van der Waals surface area contributed by atoms with Crippen LogP contribution in [0.4, 0.5) is 18.9 Å². The average molecular weight is 395 g/mol. The van der Waals surface area contributed by atoms with Gasteiger partial charge in [-0.1, -0.05) is 18.2 Å². The lowest BCUT2D eigenvalue weighted by Gasteiger charge is -2.21. The van der Waals surface area contributed by atoms with E-state index in [-0.39, 0.29) is 24.8 Å². The van der Waals surface area contributed by atoms with Gasteiger partial charge < -0.3 is 10.0 Å². The van der Waals surface area contributed by atoms with Crippen molar-refractivity contribution < 1.29 is 23.1 Å². The van der Waals surface area contributed by atoms with Crippen molar-refractivity contribution in [1.82, 2.24) is 9.78 Å². The van der Waals surface area contributed by atoms with Crippen LogP contribution in [0.1, 0.15) is 15.4 Å². The van der Waals surface area contributed by atoms with Gasteiger partial charge in [0.2, 0.25) is 0 Å². The van der Waals surface area contributed by atoms with E-state index >= 15 is 0 Å². The molecule has 0 saturated carbocycles. The van der Waals surface area contributed by atoms with Crippen molar-refractivity contribution in [1.29, 1.82) is 0 Å². The summed E-state index contributed by atoms with van der Waals surface area (Å²) in [6, 6.07) is 12.9. The molecule has 0 bridgehead atoms. The lowest BCUT2D eigenvalue weighted by atomic mass is 10.2. The zero-order chi connectivity index (χ0) is 19.6. The summed E-state index contributed by atoms with van der Waals surface area (Å²) < 4.78 is 39.6. The SMILES string of the molecule is Cn1nc(-c2ccc(C(=O)N(CCO)c3ccccc3)s2)cc1C(F)(F)F. The first-order chi connectivity index (χ1) is 12.8. The molecule has 0 spiro atoms. The van der Waals surface area contributed by atoms with Gasteiger partial charge in [-0.25, -0.2) is 0 Å². The molecule has 0 saturated heterocycles. The fourth-order valence-electron chi connectivity index (χ4n) is 2.63. The number of anilines is 1. The number of aliphatic hydroxyl groups is 1. The third-order valence-corrected chi connectivity index (χ3v) is 4.97. The van der Waals surface area contributed by atoms with Gasteiger partial charge in [-0.3, -0.25) is 9.48 Å². The highest BCUT2D eigenvalue weighted by molar-refractivity contribution is 7.17. The Morgan fingerprint density at radius 2 is 1.93 bits per heavy atom. The first-order valence-electron chi connectivity index (χ1n) is 8.00. The molecule has 3 aromatic rings. The van der Waals surface area contributed by atoms with Gasteiger partial charge in [0.25, 0.3) is 5.91 Å². The van der Waals surface area contributed by atoms with Gasteiger partial charge in [0, 0.05) is 19.3 Å². The standard InChI is InChI=1S/C18H16F3N3O2S/c1-23-16(18(19,20)21)11-13(22-23)14-7-8-15(27-14)17(26)24(9-10-25)12-5-3-2-4-6-12/h2-8,11,25H,9-10H2,1H3. The number of thiophene rings is 1. The van der Waals surface area contributed by atoms with Gasteiger partial charge >= 0.3 is 6.18 Å². The molecule has 5 nitrogen and oxygen atoms in total. The summed E-state index contributed by atoms with van der Waals surface area (Å²) in [5.74, 6) is -0.335. The number of alkyl halides is 3. The van der Waals surface area contributed by atoms with E-state index in [0.29, 0.717) is 15.4 Å². The van der Waals surface area contributed by atoms with Crippen molar-refractivity contribution in [2.45, 2.75) is 6.18 Å². The number of nitrogens with zero attached hydrogens (tertiary/aromatic N) is 3. The van der Waals surface area contributed by atoms with Crippen LogP contribution in [0.2, 0.25) is 0 Å². The maximum atomic E-state index is 12.9. The summed E-state index contributed by atoms with van der Waals surface area (Å²) in [5, 5.41) is 13.2. The van der Waals surface area contributed by atoms with E-state index in [1.807, 2.05) is 6.07 Å². The normalized spacial score (nSPS) is 11.6. The molecule has 1 N–H and O–H groups in total. The van der Waals surface area contributed by atoms with Crippen molar-refractivity contribution in [3.05, 3.63) is 59.1 Å². The number of para-hydroxylation sites is 1. The first-order valence-corrected chi connectivity index (χ1v) is 8.82. The Kier molecular flexibility index (Phi) is 5.33. The zero-order valence-electron chi connectivity index (χ0n) is 14.3. The Hall–Kier alpha value is -2.65. The molecule has 142 valence electrons. The molecule has 1 aromatic carbocycles. The molecule has 0 aliphatic carbocycles. The number of halogens is 3. The van der Waals surface area contributed by atoms with Crippen LogP contribution in [0.25, 0.3) is 10.6 Å². The summed E-state index contributed by atoms with van der Waals surface area (Å²) in [6.07, 6.45) is -4.50. The summed E-state index contributed by atoms with van der Waals surface area (Å²) in [4.78, 5) is 15.1. The third kappa shape index (κ3) is 4.04. The fraction of sp³-hybridized carbons (Fsp3) is 0.222. The highest BCUT2D eigenvalue weighted by atomic mass is 32.1. The highest BCUT2D eigenvalue weighted by Gasteiger charge is 2.35. The minimum atomic E-state index is -4.50. The predicted molar refractivity (Wildman–Crippen MR) is 96.7 cm³/mol. The van der Waals surface area contributed by atoms with Crippen molar-refractivity contribution >= 4 is 22.9 Å². The van der Waals surface area contributed by atoms with E-state index in [1.54, 1.807) is 36.4 Å². The van der Waals surface area contributed by atoms with E-state index in [1.165, 1.54) is 11.9 Å². The smallest absolute Gasteiger partial charge is 0.395 e. The molecule has 3 rings (SSSR count). The molecular formula is C18H16F3N3O2S. The van der Waals surface area contributed by atoms with E-state index in [4.69, 9.17) is 0 Å². The van der Waals surface area contributed by atoms with Gasteiger partial charge in [0.1, 0.15) is 11.4 Å². The number of hydrogen-bond donors (Lipinski definition) is 1. The minimum Gasteiger partial charge on any atom is -0.395 e. The van der Waals surface area contributed by atoms with Crippen LogP contribution in [0.5, 0.6) is 0 Å². The van der Waals surface area contributed by atoms with Gasteiger partial charge in [-0.15, -0.1) is 11.3 Å². The van der Waals surface area contributed by atoms with Crippen molar-refractivity contribution in [2.75, 3.05) is 18.1 Å². The van der Waals surface area contributed by atoms with Crippen LogP contribution >= 0.6 is 11.3 Å². The second-order valence-corrected chi connectivity index (χ2v) is 6.80. The number of amides is 1. The number of carbonyl (C=O) groups is 1. The van der Waals surface area contributed by atoms with Gasteiger partial charge in [0.05, 0.1) is 16.4 Å². The van der Waals surface area contributed by atoms with E-state index in [2.05, 4.69) is 5.10 Å². The Morgan fingerprint density at radius 1 is 1.22 bits per heavy atom. The second-order valence-electron chi connectivity index (χ2n) is 5.72. The average Bonchev–Trinajstić information content (AvgIpc) is 3.26. The van der Waals surface area contributed by atoms with Crippen LogP contribution in [0.3, 0.4) is 0 Å². The van der Waals surface area contributed by atoms with Crippen LogP contribution in [-0.4, -0.2) is 33.9 Å². The number of benzene rings is 1. The molecule has 9 heteroatoms. The molecule has 27 heavy (non-hydrogen) atoms. The Morgan fingerprint density at radius 3 is 2.52 bits per heavy atom. The molecule has 0 aliphatic heterocycles.